The SMILES string of the molecule is CC1CCC(C(N)=O)CN1C/C=C/C(=O)O. The largest absolute Gasteiger partial charge is 0.478 e. The standard InChI is InChI=1S/C11H18N2O3/c1-8-4-5-9(11(12)16)7-13(8)6-2-3-10(14)15/h2-3,8-9H,4-7H2,1H3,(H2,12,16)(H,14,15)/b3-2+. The zero-order valence-corrected chi connectivity index (χ0v) is 9.43. The Morgan fingerprint density at radius 2 is 2.19 bits per heavy atom. The average molecular weight is 226 g/mol. The van der Waals surface area contributed by atoms with Crippen LogP contribution in [-0.2, 0) is 9.59 Å². The minimum atomic E-state index is -0.948. The molecule has 1 saturated heterocycles. The number of hydrogen-bond donors (Lipinski definition) is 2. The lowest BCUT2D eigenvalue weighted by Crippen LogP contribution is -2.45. The molecule has 16 heavy (non-hydrogen) atoms. The van der Waals surface area contributed by atoms with Crippen LogP contribution < -0.4 is 5.73 Å². The summed E-state index contributed by atoms with van der Waals surface area (Å²) in [4.78, 5) is 23.5. The number of carbonyl (C=O) groups is 2. The topological polar surface area (TPSA) is 83.6 Å². The van der Waals surface area contributed by atoms with E-state index in [9.17, 15) is 9.59 Å². The molecule has 5 nitrogen and oxygen atoms in total. The predicted molar refractivity (Wildman–Crippen MR) is 59.7 cm³/mol. The van der Waals surface area contributed by atoms with Crippen LogP contribution in [0.15, 0.2) is 12.2 Å². The van der Waals surface area contributed by atoms with Gasteiger partial charge in [-0.25, -0.2) is 4.79 Å². The van der Waals surface area contributed by atoms with Crippen LogP contribution in [0, 0.1) is 5.92 Å². The van der Waals surface area contributed by atoms with E-state index in [-0.39, 0.29) is 11.8 Å². The fraction of sp³-hybridized carbons (Fsp3) is 0.636. The highest BCUT2D eigenvalue weighted by molar-refractivity contribution is 5.79. The Morgan fingerprint density at radius 3 is 2.75 bits per heavy atom. The van der Waals surface area contributed by atoms with E-state index in [2.05, 4.69) is 11.8 Å². The van der Waals surface area contributed by atoms with Crippen molar-refractivity contribution >= 4 is 11.9 Å². The van der Waals surface area contributed by atoms with Crippen LogP contribution in [-0.4, -0.2) is 41.0 Å². The van der Waals surface area contributed by atoms with Crippen LogP contribution in [0.25, 0.3) is 0 Å². The molecule has 0 aromatic heterocycles. The molecule has 1 aliphatic heterocycles. The number of piperidine rings is 1. The number of carboxylic acid groups (broad SMARTS) is 1. The van der Waals surface area contributed by atoms with Gasteiger partial charge in [0.05, 0.1) is 5.92 Å². The zero-order valence-electron chi connectivity index (χ0n) is 9.43. The van der Waals surface area contributed by atoms with E-state index in [1.807, 2.05) is 0 Å². The van der Waals surface area contributed by atoms with E-state index in [0.29, 0.717) is 19.1 Å². The third-order valence-corrected chi connectivity index (χ3v) is 3.01. The minimum Gasteiger partial charge on any atom is -0.478 e. The number of carboxylic acids is 1. The van der Waals surface area contributed by atoms with Gasteiger partial charge in [-0.3, -0.25) is 9.69 Å². The molecular weight excluding hydrogens is 208 g/mol. The van der Waals surface area contributed by atoms with E-state index in [1.165, 1.54) is 0 Å². The summed E-state index contributed by atoms with van der Waals surface area (Å²) in [5.74, 6) is -1.32. The number of carbonyl (C=O) groups excluding carboxylic acids is 1. The molecule has 1 rings (SSSR count). The molecule has 2 atom stereocenters. The normalized spacial score (nSPS) is 27.1. The first-order valence-corrected chi connectivity index (χ1v) is 5.43. The highest BCUT2D eigenvalue weighted by Crippen LogP contribution is 2.21. The molecule has 1 aliphatic rings. The predicted octanol–water partition coefficient (Wildman–Crippen LogP) is 0.213. The van der Waals surface area contributed by atoms with E-state index >= 15 is 0 Å². The summed E-state index contributed by atoms with van der Waals surface area (Å²) < 4.78 is 0. The van der Waals surface area contributed by atoms with Gasteiger partial charge in [0.25, 0.3) is 0 Å². The van der Waals surface area contributed by atoms with Crippen LogP contribution in [0.4, 0.5) is 0 Å². The summed E-state index contributed by atoms with van der Waals surface area (Å²) >= 11 is 0. The summed E-state index contributed by atoms with van der Waals surface area (Å²) in [6, 6.07) is 0.369. The third kappa shape index (κ3) is 3.66. The molecule has 1 fully saturated rings. The molecule has 90 valence electrons. The second-order valence-electron chi connectivity index (χ2n) is 4.22. The Balaban J connectivity index is 2.49. The molecular formula is C11H18N2O3. The number of primary amides is 1. The van der Waals surface area contributed by atoms with Crippen LogP contribution >= 0.6 is 0 Å². The number of amides is 1. The van der Waals surface area contributed by atoms with Gasteiger partial charge in [0, 0.05) is 25.2 Å². The fourth-order valence-corrected chi connectivity index (χ4v) is 1.95. The molecule has 0 aliphatic carbocycles. The van der Waals surface area contributed by atoms with Crippen molar-refractivity contribution in [2.24, 2.45) is 11.7 Å². The first kappa shape index (κ1) is 12.7. The van der Waals surface area contributed by atoms with Crippen molar-refractivity contribution in [3.63, 3.8) is 0 Å². The molecule has 1 amide bonds. The summed E-state index contributed by atoms with van der Waals surface area (Å²) in [6.45, 7) is 3.25. The smallest absolute Gasteiger partial charge is 0.328 e. The maximum atomic E-state index is 11.1. The van der Waals surface area contributed by atoms with E-state index < -0.39 is 5.97 Å². The lowest BCUT2D eigenvalue weighted by Gasteiger charge is -2.36. The van der Waals surface area contributed by atoms with Crippen molar-refractivity contribution in [2.75, 3.05) is 13.1 Å². The van der Waals surface area contributed by atoms with Crippen molar-refractivity contribution in [1.82, 2.24) is 4.90 Å². The number of aliphatic carboxylic acids is 1. The molecule has 2 unspecified atom stereocenters. The second kappa shape index (κ2) is 5.65. The van der Waals surface area contributed by atoms with Gasteiger partial charge in [0.2, 0.25) is 5.91 Å². The van der Waals surface area contributed by atoms with Crippen LogP contribution in [0.2, 0.25) is 0 Å². The monoisotopic (exact) mass is 226 g/mol. The van der Waals surface area contributed by atoms with Crippen LogP contribution in [0.3, 0.4) is 0 Å². The summed E-state index contributed by atoms with van der Waals surface area (Å²) in [7, 11) is 0. The lowest BCUT2D eigenvalue weighted by atomic mass is 9.93. The van der Waals surface area contributed by atoms with E-state index in [1.54, 1.807) is 6.08 Å². The maximum Gasteiger partial charge on any atom is 0.328 e. The van der Waals surface area contributed by atoms with Crippen molar-refractivity contribution in [2.45, 2.75) is 25.8 Å². The molecule has 0 radical (unpaired) electrons. The van der Waals surface area contributed by atoms with Crippen LogP contribution in [0.1, 0.15) is 19.8 Å². The Labute approximate surface area is 94.9 Å². The molecule has 1 heterocycles. The van der Waals surface area contributed by atoms with Gasteiger partial charge >= 0.3 is 5.97 Å². The lowest BCUT2D eigenvalue weighted by molar-refractivity contribution is -0.131. The average Bonchev–Trinajstić information content (AvgIpc) is 2.20. The highest BCUT2D eigenvalue weighted by Gasteiger charge is 2.27. The van der Waals surface area contributed by atoms with Crippen molar-refractivity contribution in [3.05, 3.63) is 12.2 Å². The molecule has 0 spiro atoms. The Hall–Kier alpha value is -1.36. The molecule has 0 bridgehead atoms. The fourth-order valence-electron chi connectivity index (χ4n) is 1.95. The second-order valence-corrected chi connectivity index (χ2v) is 4.22. The van der Waals surface area contributed by atoms with E-state index in [4.69, 9.17) is 10.8 Å². The first-order valence-electron chi connectivity index (χ1n) is 5.43. The van der Waals surface area contributed by atoms with E-state index in [0.717, 1.165) is 18.9 Å². The van der Waals surface area contributed by atoms with Gasteiger partial charge < -0.3 is 10.8 Å². The maximum absolute atomic E-state index is 11.1. The van der Waals surface area contributed by atoms with Gasteiger partial charge in [-0.15, -0.1) is 0 Å². The Morgan fingerprint density at radius 1 is 1.50 bits per heavy atom. The molecule has 5 heteroatoms. The van der Waals surface area contributed by atoms with Crippen molar-refractivity contribution < 1.29 is 14.7 Å². The van der Waals surface area contributed by atoms with Gasteiger partial charge in [-0.2, -0.15) is 0 Å². The number of likely N-dealkylation sites (tertiary alicyclic amines) is 1. The van der Waals surface area contributed by atoms with Crippen molar-refractivity contribution in [3.8, 4) is 0 Å². The van der Waals surface area contributed by atoms with Gasteiger partial charge in [0.1, 0.15) is 0 Å². The number of rotatable bonds is 4. The summed E-state index contributed by atoms with van der Waals surface area (Å²) in [5.41, 5.74) is 5.27. The minimum absolute atomic E-state index is 0.102. The molecule has 0 saturated carbocycles. The van der Waals surface area contributed by atoms with Gasteiger partial charge in [-0.1, -0.05) is 6.08 Å². The Kier molecular flexibility index (Phi) is 4.49. The number of nitrogens with zero attached hydrogens (tertiary/aromatic N) is 1. The highest BCUT2D eigenvalue weighted by atomic mass is 16.4. The first-order chi connectivity index (χ1) is 7.50. The van der Waals surface area contributed by atoms with Gasteiger partial charge in [0.15, 0.2) is 0 Å². The third-order valence-electron chi connectivity index (χ3n) is 3.01. The Bertz CT molecular complexity index is 302. The molecule has 3 N–H and O–H groups in total. The van der Waals surface area contributed by atoms with Gasteiger partial charge in [-0.05, 0) is 19.8 Å². The molecule has 0 aromatic rings. The van der Waals surface area contributed by atoms with Crippen molar-refractivity contribution in [1.29, 1.82) is 0 Å². The number of hydrogen-bond acceptors (Lipinski definition) is 3. The van der Waals surface area contributed by atoms with Crippen LogP contribution in [0.5, 0.6) is 0 Å². The summed E-state index contributed by atoms with van der Waals surface area (Å²) in [5, 5.41) is 8.47. The molecule has 0 aromatic carbocycles. The summed E-state index contributed by atoms with van der Waals surface area (Å²) in [6.07, 6.45) is 4.48. The quantitative estimate of drug-likeness (QED) is 0.671. The zero-order chi connectivity index (χ0) is 12.1. The number of nitrogens with two attached hydrogens (primary N) is 1.